The molecule has 0 radical (unpaired) electrons. The third-order valence-corrected chi connectivity index (χ3v) is 3.82. The summed E-state index contributed by atoms with van der Waals surface area (Å²) in [5.74, 6) is 2.51. The van der Waals surface area contributed by atoms with Crippen molar-refractivity contribution in [2.45, 2.75) is 51.6 Å². The van der Waals surface area contributed by atoms with E-state index in [1.165, 1.54) is 25.7 Å². The van der Waals surface area contributed by atoms with Crippen LogP contribution in [-0.4, -0.2) is 11.2 Å². The minimum absolute atomic E-state index is 0.0229. The van der Waals surface area contributed by atoms with Gasteiger partial charge in [-0.25, -0.2) is 0 Å². The standard InChI is InChI=1S/C13H22O/c1-2-3-4-5-6-7-11-12-8-10(14)9-13(11)12/h6-7,10-14H,2-5,8-9H2,1H3. The van der Waals surface area contributed by atoms with Crippen LogP contribution in [0.4, 0.5) is 0 Å². The van der Waals surface area contributed by atoms with E-state index < -0.39 is 0 Å². The molecule has 0 heterocycles. The summed E-state index contributed by atoms with van der Waals surface area (Å²) in [6, 6.07) is 0. The van der Waals surface area contributed by atoms with E-state index in [2.05, 4.69) is 19.1 Å². The van der Waals surface area contributed by atoms with Crippen molar-refractivity contribution in [3.8, 4) is 0 Å². The predicted octanol–water partition coefficient (Wildman–Crippen LogP) is 3.14. The molecule has 0 spiro atoms. The largest absolute Gasteiger partial charge is 0.393 e. The Labute approximate surface area is 87.2 Å². The first-order valence-corrected chi connectivity index (χ1v) is 6.17. The number of hydrogen-bond acceptors (Lipinski definition) is 1. The fourth-order valence-corrected chi connectivity index (χ4v) is 2.91. The Balaban J connectivity index is 1.60. The maximum Gasteiger partial charge on any atom is 0.0546 e. The Morgan fingerprint density at radius 2 is 1.93 bits per heavy atom. The van der Waals surface area contributed by atoms with Crippen molar-refractivity contribution in [3.05, 3.63) is 12.2 Å². The summed E-state index contributed by atoms with van der Waals surface area (Å²) in [7, 11) is 0. The minimum atomic E-state index is 0.0229. The van der Waals surface area contributed by atoms with Gasteiger partial charge in [-0.05, 0) is 43.4 Å². The predicted molar refractivity (Wildman–Crippen MR) is 59.0 cm³/mol. The number of aliphatic hydroxyl groups excluding tert-OH is 1. The summed E-state index contributed by atoms with van der Waals surface area (Å²) in [5, 5.41) is 9.37. The third kappa shape index (κ3) is 2.20. The maximum absolute atomic E-state index is 9.37. The molecule has 0 aliphatic heterocycles. The molecular weight excluding hydrogens is 172 g/mol. The second kappa shape index (κ2) is 4.48. The highest BCUT2D eigenvalue weighted by atomic mass is 16.3. The van der Waals surface area contributed by atoms with Gasteiger partial charge in [0.2, 0.25) is 0 Å². The smallest absolute Gasteiger partial charge is 0.0546 e. The molecule has 0 aromatic heterocycles. The highest BCUT2D eigenvalue weighted by Crippen LogP contribution is 2.58. The molecule has 2 aliphatic rings. The number of aliphatic hydroxyl groups is 1. The fourth-order valence-electron chi connectivity index (χ4n) is 2.91. The van der Waals surface area contributed by atoms with Gasteiger partial charge in [0.1, 0.15) is 0 Å². The van der Waals surface area contributed by atoms with E-state index in [4.69, 9.17) is 0 Å². The van der Waals surface area contributed by atoms with E-state index in [0.29, 0.717) is 0 Å². The summed E-state index contributed by atoms with van der Waals surface area (Å²) in [6.07, 6.45) is 12.2. The number of unbranched alkanes of at least 4 members (excludes halogenated alkanes) is 3. The molecule has 2 rings (SSSR count). The molecule has 1 N–H and O–H groups in total. The van der Waals surface area contributed by atoms with Crippen molar-refractivity contribution in [1.82, 2.24) is 0 Å². The molecule has 1 nitrogen and oxygen atoms in total. The van der Waals surface area contributed by atoms with Gasteiger partial charge in [-0.1, -0.05) is 31.9 Å². The third-order valence-electron chi connectivity index (χ3n) is 3.82. The van der Waals surface area contributed by atoms with Crippen molar-refractivity contribution in [3.63, 3.8) is 0 Å². The van der Waals surface area contributed by atoms with E-state index in [-0.39, 0.29) is 6.10 Å². The highest BCUT2D eigenvalue weighted by Gasteiger charge is 2.53. The zero-order valence-corrected chi connectivity index (χ0v) is 9.15. The van der Waals surface area contributed by atoms with Gasteiger partial charge in [-0.15, -0.1) is 0 Å². The van der Waals surface area contributed by atoms with Crippen molar-refractivity contribution in [1.29, 1.82) is 0 Å². The summed E-state index contributed by atoms with van der Waals surface area (Å²) in [6.45, 7) is 2.25. The first kappa shape index (κ1) is 10.2. The van der Waals surface area contributed by atoms with Crippen molar-refractivity contribution < 1.29 is 5.11 Å². The summed E-state index contributed by atoms with van der Waals surface area (Å²) in [5.41, 5.74) is 0. The molecular formula is C13H22O. The molecule has 2 fully saturated rings. The van der Waals surface area contributed by atoms with Crippen LogP contribution < -0.4 is 0 Å². The Morgan fingerprint density at radius 3 is 2.57 bits per heavy atom. The molecule has 0 amide bonds. The van der Waals surface area contributed by atoms with Gasteiger partial charge in [0.05, 0.1) is 6.10 Å². The van der Waals surface area contributed by atoms with Crippen LogP contribution in [0.15, 0.2) is 12.2 Å². The second-order valence-corrected chi connectivity index (χ2v) is 4.95. The van der Waals surface area contributed by atoms with Crippen LogP contribution in [0.1, 0.15) is 45.4 Å². The number of fused-ring (bicyclic) bond motifs is 1. The van der Waals surface area contributed by atoms with E-state index in [1.54, 1.807) is 0 Å². The molecule has 2 atom stereocenters. The molecule has 14 heavy (non-hydrogen) atoms. The molecule has 0 aromatic carbocycles. The first-order chi connectivity index (χ1) is 6.83. The normalized spacial score (nSPS) is 40.4. The van der Waals surface area contributed by atoms with Crippen LogP contribution in [0.5, 0.6) is 0 Å². The Morgan fingerprint density at radius 1 is 1.21 bits per heavy atom. The van der Waals surface area contributed by atoms with Gasteiger partial charge < -0.3 is 5.11 Å². The van der Waals surface area contributed by atoms with E-state index >= 15 is 0 Å². The molecule has 2 unspecified atom stereocenters. The van der Waals surface area contributed by atoms with Crippen molar-refractivity contribution in [2.24, 2.45) is 17.8 Å². The van der Waals surface area contributed by atoms with Crippen LogP contribution in [0.25, 0.3) is 0 Å². The average Bonchev–Trinajstić information content (AvgIpc) is 2.63. The lowest BCUT2D eigenvalue weighted by Crippen LogP contribution is -2.03. The van der Waals surface area contributed by atoms with Gasteiger partial charge >= 0.3 is 0 Å². The van der Waals surface area contributed by atoms with Crippen LogP contribution in [0.3, 0.4) is 0 Å². The lowest BCUT2D eigenvalue weighted by Gasteiger charge is -2.03. The minimum Gasteiger partial charge on any atom is -0.393 e. The number of allylic oxidation sites excluding steroid dienone is 2. The van der Waals surface area contributed by atoms with Crippen LogP contribution in [0.2, 0.25) is 0 Å². The Bertz CT molecular complexity index is 197. The summed E-state index contributed by atoms with van der Waals surface area (Å²) >= 11 is 0. The van der Waals surface area contributed by atoms with E-state index in [9.17, 15) is 5.11 Å². The first-order valence-electron chi connectivity index (χ1n) is 6.17. The lowest BCUT2D eigenvalue weighted by atomic mass is 10.1. The van der Waals surface area contributed by atoms with Gasteiger partial charge in [0, 0.05) is 0 Å². The summed E-state index contributed by atoms with van der Waals surface area (Å²) < 4.78 is 0. The lowest BCUT2D eigenvalue weighted by molar-refractivity contribution is 0.164. The van der Waals surface area contributed by atoms with E-state index in [0.717, 1.165) is 30.6 Å². The topological polar surface area (TPSA) is 20.2 Å². The zero-order valence-electron chi connectivity index (χ0n) is 9.15. The molecule has 0 bridgehead atoms. The molecule has 1 heteroatoms. The van der Waals surface area contributed by atoms with Gasteiger partial charge in [0.15, 0.2) is 0 Å². The molecule has 80 valence electrons. The Kier molecular flexibility index (Phi) is 3.27. The summed E-state index contributed by atoms with van der Waals surface area (Å²) in [4.78, 5) is 0. The van der Waals surface area contributed by atoms with Crippen LogP contribution in [-0.2, 0) is 0 Å². The maximum atomic E-state index is 9.37. The number of rotatable bonds is 5. The van der Waals surface area contributed by atoms with Gasteiger partial charge in [-0.2, -0.15) is 0 Å². The monoisotopic (exact) mass is 194 g/mol. The van der Waals surface area contributed by atoms with Crippen LogP contribution >= 0.6 is 0 Å². The van der Waals surface area contributed by atoms with Crippen molar-refractivity contribution >= 4 is 0 Å². The Hall–Kier alpha value is -0.300. The van der Waals surface area contributed by atoms with E-state index in [1.807, 2.05) is 0 Å². The second-order valence-electron chi connectivity index (χ2n) is 4.95. The molecule has 0 aromatic rings. The quantitative estimate of drug-likeness (QED) is 0.526. The zero-order chi connectivity index (χ0) is 9.97. The molecule has 2 aliphatic carbocycles. The van der Waals surface area contributed by atoms with Gasteiger partial charge in [0.25, 0.3) is 0 Å². The molecule has 2 saturated carbocycles. The fraction of sp³-hybridized carbons (Fsp3) is 0.846. The molecule has 0 saturated heterocycles. The van der Waals surface area contributed by atoms with Gasteiger partial charge in [-0.3, -0.25) is 0 Å². The number of hydrogen-bond donors (Lipinski definition) is 1. The average molecular weight is 194 g/mol. The van der Waals surface area contributed by atoms with Crippen LogP contribution in [0, 0.1) is 17.8 Å². The highest BCUT2D eigenvalue weighted by molar-refractivity contribution is 5.12. The SMILES string of the molecule is CCCCCC=CC1C2CC(O)CC12. The van der Waals surface area contributed by atoms with Crippen molar-refractivity contribution in [2.75, 3.05) is 0 Å².